The molecule has 1 aliphatic rings. The molecule has 0 unspecified atom stereocenters. The van der Waals surface area contributed by atoms with Crippen LogP contribution in [0.3, 0.4) is 0 Å². The molecule has 0 bridgehead atoms. The molecular weight excluding hydrogens is 548 g/mol. The van der Waals surface area contributed by atoms with Crippen LogP contribution in [0.4, 0.5) is 0 Å². The highest BCUT2D eigenvalue weighted by Gasteiger charge is 2.35. The summed E-state index contributed by atoms with van der Waals surface area (Å²) in [7, 11) is 3.04. The summed E-state index contributed by atoms with van der Waals surface area (Å²) in [5.74, 6) is 0.331. The number of esters is 1. The van der Waals surface area contributed by atoms with E-state index in [1.54, 1.807) is 62.4 Å². The van der Waals surface area contributed by atoms with Crippen LogP contribution in [0.15, 0.2) is 80.1 Å². The molecule has 10 nitrogen and oxygen atoms in total. The first kappa shape index (κ1) is 27.7. The van der Waals surface area contributed by atoms with Gasteiger partial charge in [-0.15, -0.1) is 0 Å². The Kier molecular flexibility index (Phi) is 7.62. The number of fused-ring (bicyclic) bond motifs is 1. The van der Waals surface area contributed by atoms with Crippen molar-refractivity contribution in [2.45, 2.75) is 19.9 Å². The van der Waals surface area contributed by atoms with Crippen LogP contribution in [-0.2, 0) is 9.53 Å². The number of hydrogen-bond acceptors (Lipinski definition) is 9. The zero-order valence-electron chi connectivity index (χ0n) is 22.7. The summed E-state index contributed by atoms with van der Waals surface area (Å²) in [5.41, 5.74) is 1.68. The third kappa shape index (κ3) is 5.19. The van der Waals surface area contributed by atoms with Crippen molar-refractivity contribution in [3.63, 3.8) is 0 Å². The number of carbonyl (C=O) groups is 2. The van der Waals surface area contributed by atoms with E-state index in [-0.39, 0.29) is 23.3 Å². The summed E-state index contributed by atoms with van der Waals surface area (Å²) < 4.78 is 24.2. The third-order valence-corrected chi connectivity index (χ3v) is 7.55. The van der Waals surface area contributed by atoms with E-state index in [2.05, 4.69) is 4.99 Å². The standard InChI is InChI=1S/C30H26N2O8S/c1-5-39-29(36)25-16(2)31-30-32(26(25)21-14-19(37-3)10-13-23(21)38-4)27(33)24(41-30)15-20-11-12-22(40-20)17-6-8-18(9-7-17)28(34)35/h6-15,26H,5H2,1-4H3,(H,34,35)/b24-15+/t26-/m1/s1. The minimum Gasteiger partial charge on any atom is -0.497 e. The molecule has 5 rings (SSSR count). The molecule has 1 N–H and O–H groups in total. The third-order valence-electron chi connectivity index (χ3n) is 6.56. The highest BCUT2D eigenvalue weighted by Crippen LogP contribution is 2.37. The Morgan fingerprint density at radius 3 is 2.51 bits per heavy atom. The number of nitrogens with zero attached hydrogens (tertiary/aromatic N) is 2. The van der Waals surface area contributed by atoms with Gasteiger partial charge in [0.1, 0.15) is 29.1 Å². The van der Waals surface area contributed by atoms with Gasteiger partial charge in [0.2, 0.25) is 0 Å². The lowest BCUT2D eigenvalue weighted by molar-refractivity contribution is -0.139. The van der Waals surface area contributed by atoms with E-state index in [4.69, 9.17) is 23.7 Å². The number of hydrogen-bond donors (Lipinski definition) is 1. The lowest BCUT2D eigenvalue weighted by Gasteiger charge is -2.26. The zero-order chi connectivity index (χ0) is 29.3. The first-order valence-electron chi connectivity index (χ1n) is 12.6. The van der Waals surface area contributed by atoms with Gasteiger partial charge in [-0.25, -0.2) is 14.6 Å². The molecule has 0 fully saturated rings. The number of allylic oxidation sites excluding steroid dienone is 1. The van der Waals surface area contributed by atoms with Crippen LogP contribution < -0.4 is 24.4 Å². The van der Waals surface area contributed by atoms with Crippen molar-refractivity contribution in [1.82, 2.24) is 4.57 Å². The number of carboxylic acids is 1. The molecule has 0 saturated heterocycles. The quantitative estimate of drug-likeness (QED) is 0.315. The molecule has 0 amide bonds. The molecule has 1 aliphatic heterocycles. The van der Waals surface area contributed by atoms with Crippen molar-refractivity contribution in [2.24, 2.45) is 4.99 Å². The Hall–Kier alpha value is -4.90. The summed E-state index contributed by atoms with van der Waals surface area (Å²) in [6.07, 6.45) is 1.61. The van der Waals surface area contributed by atoms with Crippen LogP contribution in [0.2, 0.25) is 0 Å². The first-order chi connectivity index (χ1) is 19.7. The van der Waals surface area contributed by atoms with Gasteiger partial charge in [-0.05, 0) is 56.3 Å². The largest absolute Gasteiger partial charge is 0.497 e. The summed E-state index contributed by atoms with van der Waals surface area (Å²) in [4.78, 5) is 43.2. The minimum absolute atomic E-state index is 0.155. The summed E-state index contributed by atoms with van der Waals surface area (Å²) in [6.45, 7) is 3.57. The Morgan fingerprint density at radius 2 is 1.85 bits per heavy atom. The molecule has 0 saturated carbocycles. The molecule has 11 heteroatoms. The molecule has 2 aromatic carbocycles. The van der Waals surface area contributed by atoms with Crippen molar-refractivity contribution in [1.29, 1.82) is 0 Å². The van der Waals surface area contributed by atoms with Crippen LogP contribution in [-0.4, -0.2) is 42.4 Å². The van der Waals surface area contributed by atoms with Crippen LogP contribution >= 0.6 is 11.3 Å². The number of rotatable bonds is 8. The number of furan rings is 1. The normalized spacial score (nSPS) is 14.8. The average molecular weight is 575 g/mol. The highest BCUT2D eigenvalue weighted by atomic mass is 32.1. The van der Waals surface area contributed by atoms with Gasteiger partial charge >= 0.3 is 11.9 Å². The zero-order valence-corrected chi connectivity index (χ0v) is 23.5. The van der Waals surface area contributed by atoms with Gasteiger partial charge in [0.05, 0.1) is 42.2 Å². The van der Waals surface area contributed by atoms with Gasteiger partial charge < -0.3 is 23.7 Å². The highest BCUT2D eigenvalue weighted by molar-refractivity contribution is 7.07. The van der Waals surface area contributed by atoms with Crippen LogP contribution in [0.1, 0.15) is 41.6 Å². The predicted molar refractivity (Wildman–Crippen MR) is 151 cm³/mol. The lowest BCUT2D eigenvalue weighted by atomic mass is 9.95. The van der Waals surface area contributed by atoms with E-state index >= 15 is 0 Å². The fourth-order valence-corrected chi connectivity index (χ4v) is 5.66. The van der Waals surface area contributed by atoms with E-state index in [9.17, 15) is 14.4 Å². The minimum atomic E-state index is -1.02. The molecule has 41 heavy (non-hydrogen) atoms. The number of aromatic carboxylic acids is 1. The van der Waals surface area contributed by atoms with E-state index in [1.807, 2.05) is 0 Å². The van der Waals surface area contributed by atoms with Crippen LogP contribution in [0, 0.1) is 0 Å². The second-order valence-corrected chi connectivity index (χ2v) is 10.0. The second-order valence-electron chi connectivity index (χ2n) is 8.99. The molecular formula is C30H26N2O8S. The fraction of sp³-hybridized carbons (Fsp3) is 0.200. The average Bonchev–Trinajstić information content (AvgIpc) is 3.56. The van der Waals surface area contributed by atoms with Crippen molar-refractivity contribution in [3.05, 3.63) is 102 Å². The van der Waals surface area contributed by atoms with Gasteiger partial charge in [0.15, 0.2) is 4.80 Å². The van der Waals surface area contributed by atoms with E-state index < -0.39 is 18.0 Å². The molecule has 1 atom stereocenters. The van der Waals surface area contributed by atoms with Gasteiger partial charge in [0, 0.05) is 17.2 Å². The maximum absolute atomic E-state index is 13.9. The fourth-order valence-electron chi connectivity index (χ4n) is 4.63. The molecule has 4 aromatic rings. The van der Waals surface area contributed by atoms with Crippen molar-refractivity contribution < 1.29 is 33.3 Å². The molecule has 3 heterocycles. The van der Waals surface area contributed by atoms with Crippen molar-refractivity contribution in [2.75, 3.05) is 20.8 Å². The molecule has 210 valence electrons. The first-order valence-corrected chi connectivity index (χ1v) is 13.4. The molecule has 2 aromatic heterocycles. The summed E-state index contributed by atoms with van der Waals surface area (Å²) in [5, 5.41) is 9.14. The predicted octanol–water partition coefficient (Wildman–Crippen LogP) is 3.77. The van der Waals surface area contributed by atoms with Gasteiger partial charge in [-0.1, -0.05) is 23.5 Å². The molecule has 0 aliphatic carbocycles. The van der Waals surface area contributed by atoms with Crippen LogP contribution in [0.5, 0.6) is 11.5 Å². The lowest BCUT2D eigenvalue weighted by Crippen LogP contribution is -2.40. The molecule has 0 spiro atoms. The van der Waals surface area contributed by atoms with Gasteiger partial charge in [0.25, 0.3) is 5.56 Å². The number of thiazole rings is 1. The van der Waals surface area contributed by atoms with E-state index in [0.29, 0.717) is 49.2 Å². The topological polar surface area (TPSA) is 130 Å². The Morgan fingerprint density at radius 1 is 1.10 bits per heavy atom. The van der Waals surface area contributed by atoms with Gasteiger partial charge in [-0.2, -0.15) is 0 Å². The van der Waals surface area contributed by atoms with Crippen molar-refractivity contribution >= 4 is 29.4 Å². The van der Waals surface area contributed by atoms with Gasteiger partial charge in [-0.3, -0.25) is 9.36 Å². The summed E-state index contributed by atoms with van der Waals surface area (Å²) in [6, 6.07) is 14.1. The Labute approximate surface area is 238 Å². The number of ether oxygens (including phenoxy) is 3. The number of aromatic nitrogens is 1. The molecule has 0 radical (unpaired) electrons. The number of carbonyl (C=O) groups excluding carboxylic acids is 1. The maximum atomic E-state index is 13.9. The number of benzene rings is 2. The second kappa shape index (κ2) is 11.3. The Bertz CT molecular complexity index is 1860. The van der Waals surface area contributed by atoms with E-state index in [1.165, 1.54) is 30.9 Å². The number of carboxylic acid groups (broad SMARTS) is 1. The van der Waals surface area contributed by atoms with Crippen LogP contribution in [0.25, 0.3) is 17.4 Å². The Balaban J connectivity index is 1.64. The maximum Gasteiger partial charge on any atom is 0.338 e. The summed E-state index contributed by atoms with van der Waals surface area (Å²) >= 11 is 1.16. The monoisotopic (exact) mass is 574 g/mol. The number of methoxy groups -OCH3 is 2. The van der Waals surface area contributed by atoms with Crippen molar-refractivity contribution in [3.8, 4) is 22.8 Å². The SMILES string of the molecule is CCOC(=O)C1=C(C)N=c2s/c(=C/c3ccc(-c4ccc(C(=O)O)cc4)o3)c(=O)n2[C@@H]1c1cc(OC)ccc1OC. The smallest absolute Gasteiger partial charge is 0.338 e. The van der Waals surface area contributed by atoms with E-state index in [0.717, 1.165) is 11.3 Å².